The highest BCUT2D eigenvalue weighted by Gasteiger charge is 2.27. The van der Waals surface area contributed by atoms with E-state index in [9.17, 15) is 14.4 Å². The molecule has 0 atom stereocenters. The monoisotopic (exact) mass is 459 g/mol. The molecule has 1 aliphatic rings. The third-order valence-corrected chi connectivity index (χ3v) is 6.37. The van der Waals surface area contributed by atoms with Gasteiger partial charge in [-0.05, 0) is 66.6 Å². The third kappa shape index (κ3) is 4.72. The number of anilines is 2. The number of nitrogens with one attached hydrogen (secondary N) is 3. The van der Waals surface area contributed by atoms with E-state index in [2.05, 4.69) is 16.0 Å². The van der Waals surface area contributed by atoms with Gasteiger partial charge in [0.05, 0.1) is 0 Å². The molecule has 0 aliphatic heterocycles. The van der Waals surface area contributed by atoms with Crippen LogP contribution in [-0.4, -0.2) is 29.6 Å². The summed E-state index contributed by atoms with van der Waals surface area (Å²) >= 11 is 0. The second-order valence-electron chi connectivity index (χ2n) is 8.75. The number of nitrogens with zero attached hydrogens (tertiary/aromatic N) is 1. The van der Waals surface area contributed by atoms with Crippen LogP contribution in [0.3, 0.4) is 0 Å². The molecule has 176 valence electrons. The maximum Gasteiger partial charge on any atom is 0.319 e. The largest absolute Gasteiger partial charge is 0.341 e. The van der Waals surface area contributed by atoms with Crippen LogP contribution < -0.4 is 27.2 Å². The highest BCUT2D eigenvalue weighted by atomic mass is 16.2. The van der Waals surface area contributed by atoms with Crippen LogP contribution in [-0.2, 0) is 7.05 Å². The maximum absolute atomic E-state index is 12.9. The van der Waals surface area contributed by atoms with Crippen molar-refractivity contribution in [1.29, 1.82) is 0 Å². The SMILES string of the molecule is CNC(=O)Nc1cc(-c2cccc(NC(=O)c3ccc(C4CC(N)C4)cc3)c2C)cn(C)c1=O. The molecule has 0 saturated heterocycles. The van der Waals surface area contributed by atoms with Gasteiger partial charge in [-0.25, -0.2) is 4.79 Å². The molecule has 1 heterocycles. The molecule has 8 heteroatoms. The Morgan fingerprint density at radius 3 is 2.38 bits per heavy atom. The first-order chi connectivity index (χ1) is 16.3. The topological polar surface area (TPSA) is 118 Å². The van der Waals surface area contributed by atoms with Crippen molar-refractivity contribution >= 4 is 23.3 Å². The van der Waals surface area contributed by atoms with Gasteiger partial charge in [0.1, 0.15) is 5.69 Å². The summed E-state index contributed by atoms with van der Waals surface area (Å²) in [5.41, 5.74) is 10.6. The van der Waals surface area contributed by atoms with Crippen LogP contribution in [0.1, 0.15) is 40.2 Å². The Morgan fingerprint density at radius 2 is 1.74 bits per heavy atom. The van der Waals surface area contributed by atoms with E-state index in [1.54, 1.807) is 19.3 Å². The third-order valence-electron chi connectivity index (χ3n) is 6.37. The number of aromatic nitrogens is 1. The first-order valence-corrected chi connectivity index (χ1v) is 11.2. The normalized spacial score (nSPS) is 16.9. The molecule has 4 rings (SSSR count). The number of amides is 3. The highest BCUT2D eigenvalue weighted by molar-refractivity contribution is 6.05. The van der Waals surface area contributed by atoms with Crippen molar-refractivity contribution in [2.45, 2.75) is 31.7 Å². The van der Waals surface area contributed by atoms with Gasteiger partial charge < -0.3 is 26.3 Å². The quantitative estimate of drug-likeness (QED) is 0.466. The molecule has 1 fully saturated rings. The summed E-state index contributed by atoms with van der Waals surface area (Å²) in [6.07, 6.45) is 3.68. The first kappa shape index (κ1) is 23.3. The second kappa shape index (κ2) is 9.52. The number of rotatable bonds is 5. The summed E-state index contributed by atoms with van der Waals surface area (Å²) in [5, 5.41) is 8.00. The summed E-state index contributed by atoms with van der Waals surface area (Å²) in [6, 6.07) is 14.7. The number of carbonyl (C=O) groups excluding carboxylic acids is 2. The van der Waals surface area contributed by atoms with E-state index in [0.717, 1.165) is 29.5 Å². The number of urea groups is 1. The number of aryl methyl sites for hydroxylation is 1. The number of hydrogen-bond donors (Lipinski definition) is 4. The Hall–Kier alpha value is -3.91. The minimum Gasteiger partial charge on any atom is -0.341 e. The molecule has 34 heavy (non-hydrogen) atoms. The lowest BCUT2D eigenvalue weighted by molar-refractivity contribution is 0.102. The van der Waals surface area contributed by atoms with Crippen molar-refractivity contribution in [1.82, 2.24) is 9.88 Å². The number of benzene rings is 2. The molecular weight excluding hydrogens is 430 g/mol. The lowest BCUT2D eigenvalue weighted by Gasteiger charge is -2.32. The maximum atomic E-state index is 12.9. The Kier molecular flexibility index (Phi) is 6.51. The Balaban J connectivity index is 1.57. The van der Waals surface area contributed by atoms with Crippen LogP contribution in [0.25, 0.3) is 11.1 Å². The lowest BCUT2D eigenvalue weighted by Crippen LogP contribution is -2.34. The van der Waals surface area contributed by atoms with Crippen molar-refractivity contribution in [3.8, 4) is 11.1 Å². The number of nitrogens with two attached hydrogens (primary N) is 1. The minimum absolute atomic E-state index is 0.167. The van der Waals surface area contributed by atoms with E-state index in [0.29, 0.717) is 17.2 Å². The molecule has 2 aromatic carbocycles. The van der Waals surface area contributed by atoms with Gasteiger partial charge in [0.15, 0.2) is 0 Å². The van der Waals surface area contributed by atoms with Gasteiger partial charge in [-0.15, -0.1) is 0 Å². The molecule has 3 aromatic rings. The standard InChI is InChI=1S/C26H29N5O3/c1-15-21(19-13-23(30-26(34)28-2)25(33)31(3)14-19)5-4-6-22(15)29-24(32)17-9-7-16(8-10-17)18-11-20(27)12-18/h4-10,13-14,18,20H,11-12,27H2,1-3H3,(H,29,32)(H2,28,30,34). The molecule has 1 aliphatic carbocycles. The van der Waals surface area contributed by atoms with Gasteiger partial charge in [-0.2, -0.15) is 0 Å². The van der Waals surface area contributed by atoms with E-state index < -0.39 is 6.03 Å². The van der Waals surface area contributed by atoms with Crippen LogP contribution in [0.5, 0.6) is 0 Å². The Morgan fingerprint density at radius 1 is 1.03 bits per heavy atom. The van der Waals surface area contributed by atoms with Gasteiger partial charge in [-0.1, -0.05) is 24.3 Å². The van der Waals surface area contributed by atoms with Gasteiger partial charge >= 0.3 is 6.03 Å². The fraction of sp³-hybridized carbons (Fsp3) is 0.269. The molecule has 0 radical (unpaired) electrons. The van der Waals surface area contributed by atoms with E-state index in [-0.39, 0.29) is 23.2 Å². The van der Waals surface area contributed by atoms with Gasteiger partial charge in [0.2, 0.25) is 0 Å². The zero-order valence-electron chi connectivity index (χ0n) is 19.5. The molecule has 3 amide bonds. The van der Waals surface area contributed by atoms with Crippen molar-refractivity contribution in [3.63, 3.8) is 0 Å². The second-order valence-corrected chi connectivity index (χ2v) is 8.75. The van der Waals surface area contributed by atoms with Crippen molar-refractivity contribution in [3.05, 3.63) is 81.8 Å². The van der Waals surface area contributed by atoms with Crippen LogP contribution >= 0.6 is 0 Å². The highest BCUT2D eigenvalue weighted by Crippen LogP contribution is 2.35. The Bertz CT molecular complexity index is 1290. The summed E-state index contributed by atoms with van der Waals surface area (Å²) in [5.74, 6) is 0.287. The molecule has 1 saturated carbocycles. The lowest BCUT2D eigenvalue weighted by atomic mass is 9.76. The molecule has 1 aromatic heterocycles. The summed E-state index contributed by atoms with van der Waals surface area (Å²) in [6.45, 7) is 1.91. The predicted molar refractivity (Wildman–Crippen MR) is 134 cm³/mol. The summed E-state index contributed by atoms with van der Waals surface area (Å²) in [4.78, 5) is 37.1. The van der Waals surface area contributed by atoms with Crippen molar-refractivity contribution < 1.29 is 9.59 Å². The van der Waals surface area contributed by atoms with Crippen LogP contribution in [0, 0.1) is 6.92 Å². The van der Waals surface area contributed by atoms with Gasteiger partial charge in [0, 0.05) is 43.1 Å². The van der Waals surface area contributed by atoms with E-state index in [1.165, 1.54) is 17.2 Å². The summed E-state index contributed by atoms with van der Waals surface area (Å²) in [7, 11) is 3.11. The zero-order valence-corrected chi connectivity index (χ0v) is 19.5. The molecular formula is C26H29N5O3. The predicted octanol–water partition coefficient (Wildman–Crippen LogP) is 3.57. The average molecular weight is 460 g/mol. The van der Waals surface area contributed by atoms with E-state index in [1.807, 2.05) is 49.4 Å². The molecule has 5 N–H and O–H groups in total. The number of carbonyl (C=O) groups is 2. The minimum atomic E-state index is -0.474. The van der Waals surface area contributed by atoms with Crippen molar-refractivity contribution in [2.24, 2.45) is 12.8 Å². The van der Waals surface area contributed by atoms with Crippen LogP contribution in [0.2, 0.25) is 0 Å². The van der Waals surface area contributed by atoms with E-state index in [4.69, 9.17) is 5.73 Å². The zero-order chi connectivity index (χ0) is 24.4. The fourth-order valence-corrected chi connectivity index (χ4v) is 4.25. The van der Waals surface area contributed by atoms with Gasteiger partial charge in [0.25, 0.3) is 11.5 Å². The van der Waals surface area contributed by atoms with Crippen molar-refractivity contribution in [2.75, 3.05) is 17.7 Å². The van der Waals surface area contributed by atoms with E-state index >= 15 is 0 Å². The average Bonchev–Trinajstić information content (AvgIpc) is 2.81. The van der Waals surface area contributed by atoms with Crippen LogP contribution in [0.15, 0.2) is 59.5 Å². The molecule has 0 unspecified atom stereocenters. The summed E-state index contributed by atoms with van der Waals surface area (Å²) < 4.78 is 1.42. The Labute approximate surface area is 198 Å². The number of pyridine rings is 1. The smallest absolute Gasteiger partial charge is 0.319 e. The fourth-order valence-electron chi connectivity index (χ4n) is 4.25. The molecule has 0 bridgehead atoms. The van der Waals surface area contributed by atoms with Gasteiger partial charge in [-0.3, -0.25) is 9.59 Å². The molecule has 0 spiro atoms. The van der Waals surface area contributed by atoms with Crippen LogP contribution in [0.4, 0.5) is 16.2 Å². The number of hydrogen-bond acceptors (Lipinski definition) is 4. The molecule has 8 nitrogen and oxygen atoms in total. The first-order valence-electron chi connectivity index (χ1n) is 11.2.